The van der Waals surface area contributed by atoms with Crippen LogP contribution in [0.3, 0.4) is 0 Å². The first-order valence-electron chi connectivity index (χ1n) is 4.31. The molecule has 0 spiro atoms. The molecule has 0 aliphatic heterocycles. The molecule has 0 saturated heterocycles. The van der Waals surface area contributed by atoms with Gasteiger partial charge in [0, 0.05) is 10.0 Å². The first-order chi connectivity index (χ1) is 6.65. The van der Waals surface area contributed by atoms with Crippen LogP contribution in [0, 0.1) is 0 Å². The van der Waals surface area contributed by atoms with Gasteiger partial charge in [0.25, 0.3) is 0 Å². The molecular weight excluding hydrogens is 251 g/mol. The molecule has 0 aliphatic carbocycles. The summed E-state index contributed by atoms with van der Waals surface area (Å²) >= 11 is 3.29. The van der Waals surface area contributed by atoms with Gasteiger partial charge >= 0.3 is 0 Å². The van der Waals surface area contributed by atoms with Gasteiger partial charge in [-0.3, -0.25) is 0 Å². The minimum Gasteiger partial charge on any atom is -0.490 e. The van der Waals surface area contributed by atoms with E-state index in [1.165, 1.54) is 0 Å². The third-order valence-electron chi connectivity index (χ3n) is 1.76. The molecule has 0 fully saturated rings. The van der Waals surface area contributed by atoms with Crippen molar-refractivity contribution in [3.05, 3.63) is 28.2 Å². The highest BCUT2D eigenvalue weighted by Gasteiger charge is 2.09. The van der Waals surface area contributed by atoms with Gasteiger partial charge in [0.05, 0.1) is 6.10 Å². The summed E-state index contributed by atoms with van der Waals surface area (Å²) in [5, 5.41) is 9.43. The second kappa shape index (κ2) is 5.32. The van der Waals surface area contributed by atoms with Gasteiger partial charge in [-0.2, -0.15) is 0 Å². The van der Waals surface area contributed by atoms with Gasteiger partial charge in [0.1, 0.15) is 19.0 Å². The van der Waals surface area contributed by atoms with Gasteiger partial charge in [-0.1, -0.05) is 15.9 Å². The van der Waals surface area contributed by atoms with Crippen molar-refractivity contribution in [3.63, 3.8) is 0 Å². The van der Waals surface area contributed by atoms with Crippen molar-refractivity contribution in [2.24, 2.45) is 0 Å². The summed E-state index contributed by atoms with van der Waals surface area (Å²) in [5.74, 6) is 0.529. The van der Waals surface area contributed by atoms with E-state index < -0.39 is 12.8 Å². The Kier molecular flexibility index (Phi) is 4.35. The maximum absolute atomic E-state index is 11.9. The van der Waals surface area contributed by atoms with Gasteiger partial charge in [-0.25, -0.2) is 4.39 Å². The van der Waals surface area contributed by atoms with E-state index in [2.05, 4.69) is 15.9 Å². The monoisotopic (exact) mass is 262 g/mol. The number of aliphatic hydroxyl groups excluding tert-OH is 1. The maximum atomic E-state index is 11.9. The fourth-order valence-corrected chi connectivity index (χ4v) is 1.50. The lowest BCUT2D eigenvalue weighted by Crippen LogP contribution is -2.03. The van der Waals surface area contributed by atoms with E-state index >= 15 is 0 Å². The van der Waals surface area contributed by atoms with Crippen molar-refractivity contribution >= 4 is 15.9 Å². The molecule has 0 heterocycles. The lowest BCUT2D eigenvalue weighted by atomic mass is 10.1. The standard InChI is InChI=1S/C10H12BrFO2/c1-7(13)9-6-8(11)2-3-10(9)14-5-4-12/h2-3,6-7,13H,4-5H2,1H3/t7-/m1/s1. The summed E-state index contributed by atoms with van der Waals surface area (Å²) in [5.41, 5.74) is 0.660. The zero-order valence-electron chi connectivity index (χ0n) is 7.84. The second-order valence-corrected chi connectivity index (χ2v) is 3.81. The Morgan fingerprint density at radius 2 is 2.29 bits per heavy atom. The van der Waals surface area contributed by atoms with Crippen LogP contribution in [0.1, 0.15) is 18.6 Å². The minimum absolute atomic E-state index is 0.0152. The second-order valence-electron chi connectivity index (χ2n) is 2.90. The van der Waals surface area contributed by atoms with Gasteiger partial charge in [0.15, 0.2) is 0 Å². The molecule has 1 N–H and O–H groups in total. The van der Waals surface area contributed by atoms with Crippen LogP contribution in [0.15, 0.2) is 22.7 Å². The van der Waals surface area contributed by atoms with Gasteiger partial charge in [-0.15, -0.1) is 0 Å². The summed E-state index contributed by atoms with van der Waals surface area (Å²) < 4.78 is 17.9. The van der Waals surface area contributed by atoms with Crippen LogP contribution in [-0.4, -0.2) is 18.4 Å². The Morgan fingerprint density at radius 1 is 1.57 bits per heavy atom. The fourth-order valence-electron chi connectivity index (χ4n) is 1.13. The van der Waals surface area contributed by atoms with Crippen LogP contribution < -0.4 is 4.74 Å². The van der Waals surface area contributed by atoms with Gasteiger partial charge in [0.2, 0.25) is 0 Å². The normalized spacial score (nSPS) is 12.6. The molecule has 0 saturated carbocycles. The quantitative estimate of drug-likeness (QED) is 0.905. The summed E-state index contributed by atoms with van der Waals surface area (Å²) in [4.78, 5) is 0. The number of alkyl halides is 1. The predicted molar refractivity (Wildman–Crippen MR) is 56.2 cm³/mol. The molecule has 0 radical (unpaired) electrons. The topological polar surface area (TPSA) is 29.5 Å². The van der Waals surface area contributed by atoms with E-state index in [1.807, 2.05) is 0 Å². The zero-order valence-corrected chi connectivity index (χ0v) is 9.42. The average Bonchev–Trinajstić information content (AvgIpc) is 2.15. The van der Waals surface area contributed by atoms with Crippen LogP contribution in [0.25, 0.3) is 0 Å². The van der Waals surface area contributed by atoms with Crippen LogP contribution in [0.2, 0.25) is 0 Å². The third-order valence-corrected chi connectivity index (χ3v) is 2.25. The average molecular weight is 263 g/mol. The van der Waals surface area contributed by atoms with Crippen molar-refractivity contribution in [2.75, 3.05) is 13.3 Å². The summed E-state index contributed by atoms with van der Waals surface area (Å²) in [6.07, 6.45) is -0.623. The minimum atomic E-state index is -0.623. The van der Waals surface area contributed by atoms with E-state index in [0.717, 1.165) is 4.47 Å². The zero-order chi connectivity index (χ0) is 10.6. The molecule has 1 aromatic rings. The predicted octanol–water partition coefficient (Wildman–Crippen LogP) is 2.85. The highest BCUT2D eigenvalue weighted by molar-refractivity contribution is 9.10. The molecule has 4 heteroatoms. The largest absolute Gasteiger partial charge is 0.490 e. The molecule has 78 valence electrons. The summed E-state index contributed by atoms with van der Waals surface area (Å²) in [7, 11) is 0. The number of aliphatic hydroxyl groups is 1. The van der Waals surface area contributed by atoms with Crippen LogP contribution >= 0.6 is 15.9 Å². The number of benzene rings is 1. The Balaban J connectivity index is 2.90. The fraction of sp³-hybridized carbons (Fsp3) is 0.400. The van der Waals surface area contributed by atoms with Gasteiger partial charge in [-0.05, 0) is 25.1 Å². The molecule has 14 heavy (non-hydrogen) atoms. The molecule has 0 aliphatic rings. The number of hydrogen-bond acceptors (Lipinski definition) is 2. The lowest BCUT2D eigenvalue weighted by molar-refractivity contribution is 0.189. The van der Waals surface area contributed by atoms with Crippen molar-refractivity contribution < 1.29 is 14.2 Å². The number of rotatable bonds is 4. The van der Waals surface area contributed by atoms with Crippen LogP contribution in [0.4, 0.5) is 4.39 Å². The van der Waals surface area contributed by atoms with Crippen LogP contribution in [-0.2, 0) is 0 Å². The lowest BCUT2D eigenvalue weighted by Gasteiger charge is -2.12. The molecule has 0 amide bonds. The van der Waals surface area contributed by atoms with Crippen molar-refractivity contribution in [2.45, 2.75) is 13.0 Å². The molecule has 1 atom stereocenters. The molecular formula is C10H12BrFO2. The first kappa shape index (κ1) is 11.5. The number of halogens is 2. The number of hydrogen-bond donors (Lipinski definition) is 1. The molecule has 0 unspecified atom stereocenters. The molecule has 0 bridgehead atoms. The third kappa shape index (κ3) is 2.96. The van der Waals surface area contributed by atoms with Gasteiger partial charge < -0.3 is 9.84 Å². The highest BCUT2D eigenvalue weighted by Crippen LogP contribution is 2.28. The molecule has 2 nitrogen and oxygen atoms in total. The number of ether oxygens (including phenoxy) is 1. The van der Waals surface area contributed by atoms with E-state index in [4.69, 9.17) is 4.74 Å². The smallest absolute Gasteiger partial charge is 0.125 e. The Hall–Kier alpha value is -0.610. The van der Waals surface area contributed by atoms with Crippen molar-refractivity contribution in [1.82, 2.24) is 0 Å². The maximum Gasteiger partial charge on any atom is 0.125 e. The van der Waals surface area contributed by atoms with E-state index in [-0.39, 0.29) is 6.61 Å². The SMILES string of the molecule is C[C@@H](O)c1cc(Br)ccc1OCCF. The summed E-state index contributed by atoms with van der Waals surface area (Å²) in [6.45, 7) is 1.13. The summed E-state index contributed by atoms with van der Waals surface area (Å²) in [6, 6.07) is 5.26. The van der Waals surface area contributed by atoms with Crippen molar-refractivity contribution in [1.29, 1.82) is 0 Å². The Bertz CT molecular complexity index is 302. The van der Waals surface area contributed by atoms with E-state index in [1.54, 1.807) is 25.1 Å². The highest BCUT2D eigenvalue weighted by atomic mass is 79.9. The van der Waals surface area contributed by atoms with Crippen molar-refractivity contribution in [3.8, 4) is 5.75 Å². The van der Waals surface area contributed by atoms with E-state index in [0.29, 0.717) is 11.3 Å². The molecule has 1 rings (SSSR count). The first-order valence-corrected chi connectivity index (χ1v) is 5.10. The van der Waals surface area contributed by atoms with Crippen LogP contribution in [0.5, 0.6) is 5.75 Å². The molecule has 0 aromatic heterocycles. The Morgan fingerprint density at radius 3 is 2.86 bits per heavy atom. The molecule has 1 aromatic carbocycles. The Labute approximate surface area is 90.8 Å². The van der Waals surface area contributed by atoms with E-state index in [9.17, 15) is 9.50 Å².